The first-order chi connectivity index (χ1) is 10.1. The molecule has 3 rings (SSSR count). The van der Waals surface area contributed by atoms with E-state index in [1.165, 1.54) is 4.90 Å². The fraction of sp³-hybridized carbons (Fsp3) is 0.500. The fourth-order valence-corrected chi connectivity index (χ4v) is 2.83. The van der Waals surface area contributed by atoms with Gasteiger partial charge >= 0.3 is 6.03 Å². The molecule has 1 saturated carbocycles. The summed E-state index contributed by atoms with van der Waals surface area (Å²) in [7, 11) is 0. The number of urea groups is 1. The molecule has 21 heavy (non-hydrogen) atoms. The van der Waals surface area contributed by atoms with Crippen LogP contribution < -0.4 is 10.1 Å². The Hall–Kier alpha value is -2.04. The van der Waals surface area contributed by atoms with Gasteiger partial charge in [0.05, 0.1) is 13.2 Å². The zero-order chi connectivity index (χ0) is 14.9. The number of imide groups is 1. The van der Waals surface area contributed by atoms with Gasteiger partial charge in [-0.2, -0.15) is 0 Å². The van der Waals surface area contributed by atoms with Gasteiger partial charge in [-0.3, -0.25) is 9.69 Å². The van der Waals surface area contributed by atoms with Crippen LogP contribution >= 0.6 is 0 Å². The van der Waals surface area contributed by atoms with Gasteiger partial charge < -0.3 is 10.1 Å². The average molecular weight is 288 g/mol. The summed E-state index contributed by atoms with van der Waals surface area (Å²) >= 11 is 0. The van der Waals surface area contributed by atoms with Crippen molar-refractivity contribution in [3.63, 3.8) is 0 Å². The number of carbonyl (C=O) groups is 2. The van der Waals surface area contributed by atoms with Crippen LogP contribution in [0.5, 0.6) is 5.75 Å². The topological polar surface area (TPSA) is 58.6 Å². The Balaban J connectivity index is 1.71. The lowest BCUT2D eigenvalue weighted by Gasteiger charge is -2.34. The van der Waals surface area contributed by atoms with Crippen LogP contribution in [-0.2, 0) is 11.3 Å². The molecule has 1 heterocycles. The highest BCUT2D eigenvalue weighted by Gasteiger charge is 2.54. The van der Waals surface area contributed by atoms with Crippen molar-refractivity contribution in [1.82, 2.24) is 10.2 Å². The van der Waals surface area contributed by atoms with Gasteiger partial charge in [0, 0.05) is 0 Å². The zero-order valence-corrected chi connectivity index (χ0v) is 12.2. The Kier molecular flexibility index (Phi) is 3.57. The third kappa shape index (κ3) is 2.48. The lowest BCUT2D eigenvalue weighted by Crippen LogP contribution is -2.52. The Morgan fingerprint density at radius 3 is 2.76 bits per heavy atom. The van der Waals surface area contributed by atoms with E-state index in [2.05, 4.69) is 12.2 Å². The SMILES string of the molecule is CCCOc1cccc(CN2C(=O)NC3(CCC3)C2=O)c1. The minimum absolute atomic E-state index is 0.0846. The van der Waals surface area contributed by atoms with Crippen LogP contribution in [0.15, 0.2) is 24.3 Å². The number of nitrogens with one attached hydrogen (secondary N) is 1. The lowest BCUT2D eigenvalue weighted by molar-refractivity contribution is -0.134. The van der Waals surface area contributed by atoms with Gasteiger partial charge in [0.2, 0.25) is 0 Å². The van der Waals surface area contributed by atoms with E-state index in [9.17, 15) is 9.59 Å². The molecule has 112 valence electrons. The molecule has 1 spiro atoms. The van der Waals surface area contributed by atoms with Gasteiger partial charge in [-0.25, -0.2) is 4.79 Å². The van der Waals surface area contributed by atoms with Crippen molar-refractivity contribution in [2.45, 2.75) is 44.7 Å². The molecule has 3 amide bonds. The average Bonchev–Trinajstić information content (AvgIpc) is 2.70. The molecule has 0 bridgehead atoms. The van der Waals surface area contributed by atoms with Crippen molar-refractivity contribution in [1.29, 1.82) is 0 Å². The minimum atomic E-state index is -0.604. The van der Waals surface area contributed by atoms with Gasteiger partial charge in [-0.05, 0) is 43.4 Å². The molecular formula is C16H20N2O3. The number of rotatable bonds is 5. The summed E-state index contributed by atoms with van der Waals surface area (Å²) in [6, 6.07) is 7.29. The maximum atomic E-state index is 12.4. The van der Waals surface area contributed by atoms with E-state index in [4.69, 9.17) is 4.74 Å². The highest BCUT2D eigenvalue weighted by molar-refractivity contribution is 6.07. The molecule has 0 unspecified atom stereocenters. The molecule has 1 aliphatic carbocycles. The van der Waals surface area contributed by atoms with Crippen molar-refractivity contribution in [2.75, 3.05) is 6.61 Å². The standard InChI is InChI=1S/C16H20N2O3/c1-2-9-21-13-6-3-5-12(10-13)11-18-14(19)16(7-4-8-16)17-15(18)20/h3,5-6,10H,2,4,7-9,11H2,1H3,(H,17,20). The van der Waals surface area contributed by atoms with E-state index < -0.39 is 5.54 Å². The molecule has 5 nitrogen and oxygen atoms in total. The molecule has 1 N–H and O–H groups in total. The summed E-state index contributed by atoms with van der Waals surface area (Å²) in [4.78, 5) is 25.7. The molecule has 2 fully saturated rings. The Morgan fingerprint density at radius 2 is 2.14 bits per heavy atom. The number of ether oxygens (including phenoxy) is 1. The predicted molar refractivity (Wildman–Crippen MR) is 77.9 cm³/mol. The van der Waals surface area contributed by atoms with Crippen LogP contribution in [-0.4, -0.2) is 29.0 Å². The van der Waals surface area contributed by atoms with E-state index in [0.717, 1.165) is 37.0 Å². The number of carbonyl (C=O) groups excluding carboxylic acids is 2. The molecule has 1 aromatic carbocycles. The zero-order valence-electron chi connectivity index (χ0n) is 12.2. The molecule has 2 aliphatic rings. The smallest absolute Gasteiger partial charge is 0.325 e. The summed E-state index contributed by atoms with van der Waals surface area (Å²) in [5, 5.41) is 2.84. The number of benzene rings is 1. The normalized spacial score (nSPS) is 19.6. The lowest BCUT2D eigenvalue weighted by atomic mass is 9.77. The van der Waals surface area contributed by atoms with Crippen molar-refractivity contribution >= 4 is 11.9 Å². The van der Waals surface area contributed by atoms with Crippen molar-refractivity contribution in [3.8, 4) is 5.75 Å². The Labute approximate surface area is 124 Å². The first kappa shape index (κ1) is 13.9. The largest absolute Gasteiger partial charge is 0.494 e. The number of hydrogen-bond acceptors (Lipinski definition) is 3. The van der Waals surface area contributed by atoms with Crippen LogP contribution in [0, 0.1) is 0 Å². The van der Waals surface area contributed by atoms with Crippen LogP contribution in [0.2, 0.25) is 0 Å². The van der Waals surface area contributed by atoms with Crippen molar-refractivity contribution in [3.05, 3.63) is 29.8 Å². The Morgan fingerprint density at radius 1 is 1.33 bits per heavy atom. The number of nitrogens with zero attached hydrogens (tertiary/aromatic N) is 1. The highest BCUT2D eigenvalue weighted by atomic mass is 16.5. The summed E-state index contributed by atoms with van der Waals surface area (Å²) in [5.41, 5.74) is 0.302. The maximum absolute atomic E-state index is 12.4. The summed E-state index contributed by atoms with van der Waals surface area (Å²) < 4.78 is 5.58. The molecule has 1 aromatic rings. The molecular weight excluding hydrogens is 268 g/mol. The van der Waals surface area contributed by atoms with E-state index in [-0.39, 0.29) is 11.9 Å². The highest BCUT2D eigenvalue weighted by Crippen LogP contribution is 2.37. The van der Waals surface area contributed by atoms with Gasteiger partial charge in [0.1, 0.15) is 11.3 Å². The second kappa shape index (κ2) is 5.39. The molecule has 0 aromatic heterocycles. The van der Waals surface area contributed by atoms with Crippen molar-refractivity contribution < 1.29 is 14.3 Å². The summed E-state index contributed by atoms with van der Waals surface area (Å²) in [6.45, 7) is 3.01. The van der Waals surface area contributed by atoms with E-state index in [0.29, 0.717) is 13.2 Å². The quantitative estimate of drug-likeness (QED) is 0.847. The van der Waals surface area contributed by atoms with Crippen LogP contribution in [0.1, 0.15) is 38.2 Å². The number of amides is 3. The van der Waals surface area contributed by atoms with Crippen LogP contribution in [0.3, 0.4) is 0 Å². The monoisotopic (exact) mass is 288 g/mol. The molecule has 1 aliphatic heterocycles. The van der Waals surface area contributed by atoms with Crippen LogP contribution in [0.4, 0.5) is 4.79 Å². The second-order valence-corrected chi connectivity index (χ2v) is 5.75. The van der Waals surface area contributed by atoms with E-state index in [1.54, 1.807) is 0 Å². The van der Waals surface area contributed by atoms with Gasteiger partial charge in [0.15, 0.2) is 0 Å². The molecule has 0 atom stereocenters. The van der Waals surface area contributed by atoms with Gasteiger partial charge in [-0.15, -0.1) is 0 Å². The van der Waals surface area contributed by atoms with E-state index in [1.807, 2.05) is 24.3 Å². The predicted octanol–water partition coefficient (Wildman–Crippen LogP) is 2.45. The van der Waals surface area contributed by atoms with Crippen molar-refractivity contribution in [2.24, 2.45) is 0 Å². The minimum Gasteiger partial charge on any atom is -0.494 e. The van der Waals surface area contributed by atoms with Crippen LogP contribution in [0.25, 0.3) is 0 Å². The number of hydrogen-bond donors (Lipinski definition) is 1. The summed E-state index contributed by atoms with van der Waals surface area (Å²) in [5.74, 6) is 0.693. The molecule has 5 heteroatoms. The van der Waals surface area contributed by atoms with Gasteiger partial charge in [0.25, 0.3) is 5.91 Å². The first-order valence-corrected chi connectivity index (χ1v) is 7.50. The van der Waals surface area contributed by atoms with E-state index >= 15 is 0 Å². The summed E-state index contributed by atoms with van der Waals surface area (Å²) in [6.07, 6.45) is 3.46. The first-order valence-electron chi connectivity index (χ1n) is 7.50. The third-order valence-corrected chi connectivity index (χ3v) is 4.16. The third-order valence-electron chi connectivity index (χ3n) is 4.16. The Bertz CT molecular complexity index is 566. The maximum Gasteiger partial charge on any atom is 0.325 e. The fourth-order valence-electron chi connectivity index (χ4n) is 2.83. The second-order valence-electron chi connectivity index (χ2n) is 5.75. The molecule has 1 saturated heterocycles. The van der Waals surface area contributed by atoms with Gasteiger partial charge in [-0.1, -0.05) is 19.1 Å². The molecule has 0 radical (unpaired) electrons.